The first-order valence-corrected chi connectivity index (χ1v) is 9.62. The van der Waals surface area contributed by atoms with Crippen LogP contribution in [0.15, 0.2) is 18.2 Å². The topological polar surface area (TPSA) is 61.9 Å². The molecule has 0 spiro atoms. The molecule has 6 heteroatoms. The van der Waals surface area contributed by atoms with Crippen molar-refractivity contribution in [2.45, 2.75) is 45.6 Å². The molecule has 2 heterocycles. The van der Waals surface area contributed by atoms with E-state index in [1.54, 1.807) is 4.90 Å². The number of ether oxygens (including phenoxy) is 1. The number of carbonyl (C=O) groups is 2. The van der Waals surface area contributed by atoms with Gasteiger partial charge in [0.2, 0.25) is 5.91 Å². The van der Waals surface area contributed by atoms with Crippen molar-refractivity contribution < 1.29 is 14.3 Å². The number of piperidine rings is 1. The van der Waals surface area contributed by atoms with Crippen LogP contribution in [0.2, 0.25) is 0 Å². The van der Waals surface area contributed by atoms with Gasteiger partial charge >= 0.3 is 6.09 Å². The molecule has 0 atom stereocenters. The van der Waals surface area contributed by atoms with Crippen molar-refractivity contribution in [1.82, 2.24) is 10.2 Å². The molecular formula is C20H29N3O3. The van der Waals surface area contributed by atoms with Crippen LogP contribution < -0.4 is 10.2 Å². The summed E-state index contributed by atoms with van der Waals surface area (Å²) in [6, 6.07) is 6.61. The summed E-state index contributed by atoms with van der Waals surface area (Å²) < 4.78 is 5.03. The zero-order valence-corrected chi connectivity index (χ0v) is 15.8. The lowest BCUT2D eigenvalue weighted by atomic mass is 9.99. The Labute approximate surface area is 155 Å². The molecule has 2 aliphatic heterocycles. The Morgan fingerprint density at radius 2 is 2.00 bits per heavy atom. The van der Waals surface area contributed by atoms with Crippen LogP contribution in [0.4, 0.5) is 10.5 Å². The molecule has 6 nitrogen and oxygen atoms in total. The van der Waals surface area contributed by atoms with E-state index in [1.807, 2.05) is 6.92 Å². The van der Waals surface area contributed by atoms with Gasteiger partial charge in [0.1, 0.15) is 0 Å². The van der Waals surface area contributed by atoms with Crippen molar-refractivity contribution in [2.24, 2.45) is 0 Å². The minimum atomic E-state index is -0.252. The lowest BCUT2D eigenvalue weighted by molar-refractivity contribution is -0.120. The van der Waals surface area contributed by atoms with Gasteiger partial charge in [0.15, 0.2) is 0 Å². The number of fused-ring (bicyclic) bond motifs is 1. The van der Waals surface area contributed by atoms with Gasteiger partial charge in [-0.3, -0.25) is 4.79 Å². The van der Waals surface area contributed by atoms with Crippen LogP contribution in [0.1, 0.15) is 37.3 Å². The highest BCUT2D eigenvalue weighted by atomic mass is 16.6. The number of benzene rings is 1. The predicted molar refractivity (Wildman–Crippen MR) is 101 cm³/mol. The number of aryl methyl sites for hydroxylation is 2. The molecule has 26 heavy (non-hydrogen) atoms. The van der Waals surface area contributed by atoms with Gasteiger partial charge in [-0.05, 0) is 51.2 Å². The Hall–Kier alpha value is -2.24. The maximum Gasteiger partial charge on any atom is 0.409 e. The summed E-state index contributed by atoms with van der Waals surface area (Å²) in [5.41, 5.74) is 3.80. The van der Waals surface area contributed by atoms with Gasteiger partial charge in [-0.25, -0.2) is 4.79 Å². The molecule has 0 radical (unpaired) electrons. The smallest absolute Gasteiger partial charge is 0.409 e. The van der Waals surface area contributed by atoms with Crippen molar-refractivity contribution in [3.63, 3.8) is 0 Å². The second kappa shape index (κ2) is 8.43. The summed E-state index contributed by atoms with van der Waals surface area (Å²) in [7, 11) is 0. The number of rotatable bonds is 4. The van der Waals surface area contributed by atoms with E-state index in [4.69, 9.17) is 4.74 Å². The van der Waals surface area contributed by atoms with E-state index in [-0.39, 0.29) is 18.0 Å². The van der Waals surface area contributed by atoms with Crippen molar-refractivity contribution in [1.29, 1.82) is 0 Å². The second-order valence-corrected chi connectivity index (χ2v) is 7.19. The molecule has 1 fully saturated rings. The lowest BCUT2D eigenvalue weighted by Crippen LogP contribution is -2.49. The minimum Gasteiger partial charge on any atom is -0.450 e. The highest BCUT2D eigenvalue weighted by Gasteiger charge is 2.25. The molecule has 0 aromatic heterocycles. The highest BCUT2D eigenvalue weighted by molar-refractivity contribution is 5.82. The zero-order chi connectivity index (χ0) is 18.5. The average Bonchev–Trinajstić information content (AvgIpc) is 2.62. The van der Waals surface area contributed by atoms with Crippen LogP contribution in [0, 0.1) is 6.92 Å². The van der Waals surface area contributed by atoms with E-state index < -0.39 is 0 Å². The standard InChI is InChI=1S/C20H29N3O3/c1-3-26-20(25)22-11-8-17(9-12-22)21-19(24)14-23-10-4-5-16-13-15(2)6-7-18(16)23/h6-7,13,17H,3-5,8-12,14H2,1-2H3,(H,21,24). The van der Waals surface area contributed by atoms with Crippen molar-refractivity contribution in [3.8, 4) is 0 Å². The number of hydrogen-bond donors (Lipinski definition) is 1. The molecule has 0 bridgehead atoms. The zero-order valence-electron chi connectivity index (χ0n) is 15.8. The fourth-order valence-corrected chi connectivity index (χ4v) is 3.84. The first-order chi connectivity index (χ1) is 12.6. The fourth-order valence-electron chi connectivity index (χ4n) is 3.84. The number of hydrogen-bond acceptors (Lipinski definition) is 4. The maximum absolute atomic E-state index is 12.5. The Balaban J connectivity index is 1.49. The molecule has 0 unspecified atom stereocenters. The summed E-state index contributed by atoms with van der Waals surface area (Å²) in [5.74, 6) is 0.0630. The third kappa shape index (κ3) is 4.48. The van der Waals surface area contributed by atoms with Crippen LogP contribution in [0.25, 0.3) is 0 Å². The van der Waals surface area contributed by atoms with Gasteiger partial charge in [-0.2, -0.15) is 0 Å². The van der Waals surface area contributed by atoms with E-state index in [0.717, 1.165) is 32.2 Å². The van der Waals surface area contributed by atoms with Crippen LogP contribution in [-0.2, 0) is 16.0 Å². The number of anilines is 1. The first-order valence-electron chi connectivity index (χ1n) is 9.62. The Morgan fingerprint density at radius 3 is 2.73 bits per heavy atom. The van der Waals surface area contributed by atoms with Gasteiger partial charge in [-0.1, -0.05) is 17.7 Å². The lowest BCUT2D eigenvalue weighted by Gasteiger charge is -2.34. The molecule has 0 saturated carbocycles. The molecule has 1 aromatic carbocycles. The summed E-state index contributed by atoms with van der Waals surface area (Å²) in [6.45, 7) is 6.90. The summed E-state index contributed by atoms with van der Waals surface area (Å²) >= 11 is 0. The molecule has 3 rings (SSSR count). The minimum absolute atomic E-state index is 0.0630. The third-order valence-corrected chi connectivity index (χ3v) is 5.17. The number of nitrogens with one attached hydrogen (secondary N) is 1. The van der Waals surface area contributed by atoms with E-state index in [0.29, 0.717) is 26.2 Å². The SMILES string of the molecule is CCOC(=O)N1CCC(NC(=O)CN2CCCc3cc(C)ccc32)CC1. The number of likely N-dealkylation sites (tertiary alicyclic amines) is 1. The van der Waals surface area contributed by atoms with Gasteiger partial charge in [-0.15, -0.1) is 0 Å². The monoisotopic (exact) mass is 359 g/mol. The van der Waals surface area contributed by atoms with Gasteiger partial charge in [0.05, 0.1) is 13.2 Å². The molecule has 0 aliphatic carbocycles. The molecule has 1 saturated heterocycles. The quantitative estimate of drug-likeness (QED) is 0.897. The van der Waals surface area contributed by atoms with Crippen LogP contribution >= 0.6 is 0 Å². The van der Waals surface area contributed by atoms with Crippen LogP contribution in [0.3, 0.4) is 0 Å². The molecule has 2 amide bonds. The molecule has 1 N–H and O–H groups in total. The number of amides is 2. The predicted octanol–water partition coefficient (Wildman–Crippen LogP) is 2.48. The fraction of sp³-hybridized carbons (Fsp3) is 0.600. The summed E-state index contributed by atoms with van der Waals surface area (Å²) in [5, 5.41) is 3.14. The number of nitrogens with zero attached hydrogens (tertiary/aromatic N) is 2. The van der Waals surface area contributed by atoms with Crippen LogP contribution in [0.5, 0.6) is 0 Å². The van der Waals surface area contributed by atoms with E-state index in [9.17, 15) is 9.59 Å². The van der Waals surface area contributed by atoms with Gasteiger partial charge < -0.3 is 19.9 Å². The normalized spacial score (nSPS) is 17.6. The van der Waals surface area contributed by atoms with Crippen LogP contribution in [-0.4, -0.2) is 55.7 Å². The molecular weight excluding hydrogens is 330 g/mol. The Kier molecular flexibility index (Phi) is 6.01. The first kappa shape index (κ1) is 18.5. The van der Waals surface area contributed by atoms with Crippen molar-refractivity contribution in [2.75, 3.05) is 37.7 Å². The van der Waals surface area contributed by atoms with E-state index in [2.05, 4.69) is 35.3 Å². The van der Waals surface area contributed by atoms with Gasteiger partial charge in [0, 0.05) is 31.4 Å². The molecule has 142 valence electrons. The average molecular weight is 359 g/mol. The van der Waals surface area contributed by atoms with E-state index >= 15 is 0 Å². The highest BCUT2D eigenvalue weighted by Crippen LogP contribution is 2.27. The Morgan fingerprint density at radius 1 is 1.23 bits per heavy atom. The third-order valence-electron chi connectivity index (χ3n) is 5.17. The maximum atomic E-state index is 12.5. The Bertz CT molecular complexity index is 654. The molecule has 1 aromatic rings. The van der Waals surface area contributed by atoms with Crippen molar-refractivity contribution >= 4 is 17.7 Å². The summed E-state index contributed by atoms with van der Waals surface area (Å²) in [6.07, 6.45) is 3.47. The van der Waals surface area contributed by atoms with Gasteiger partial charge in [0.25, 0.3) is 0 Å². The molecule has 2 aliphatic rings. The van der Waals surface area contributed by atoms with Crippen molar-refractivity contribution in [3.05, 3.63) is 29.3 Å². The summed E-state index contributed by atoms with van der Waals surface area (Å²) in [4.78, 5) is 28.2. The number of carbonyl (C=O) groups excluding carboxylic acids is 2. The van der Waals surface area contributed by atoms with E-state index in [1.165, 1.54) is 16.8 Å². The second-order valence-electron chi connectivity index (χ2n) is 7.19. The largest absolute Gasteiger partial charge is 0.450 e.